The number of carbonyl (C=O) groups is 2. The van der Waals surface area contributed by atoms with E-state index in [1.54, 1.807) is 24.3 Å². The third kappa shape index (κ3) is 5.55. The quantitative estimate of drug-likeness (QED) is 0.498. The SMILES string of the molecule is C#CCNCc1ccc(-c2ccc(N3CC(CNC(=O)C(F)F)OC3=O)cc2F)cc1. The number of hydrogen-bond acceptors (Lipinski definition) is 4. The van der Waals surface area contributed by atoms with Crippen LogP contribution in [0.25, 0.3) is 11.1 Å². The van der Waals surface area contributed by atoms with Crippen LogP contribution in [-0.4, -0.2) is 44.2 Å². The van der Waals surface area contributed by atoms with Crippen molar-refractivity contribution in [2.75, 3.05) is 24.5 Å². The van der Waals surface area contributed by atoms with E-state index in [1.807, 2.05) is 17.4 Å². The molecule has 162 valence electrons. The maximum Gasteiger partial charge on any atom is 0.414 e. The standard InChI is InChI=1S/C22H20F3N3O3/c1-2-9-26-11-14-3-5-15(6-4-14)18-8-7-16(10-19(18)23)28-13-17(31-22(28)30)12-27-21(29)20(24)25/h1,3-8,10,17,20,26H,9,11-13H2,(H,27,29). The van der Waals surface area contributed by atoms with Gasteiger partial charge in [0.1, 0.15) is 11.9 Å². The van der Waals surface area contributed by atoms with E-state index in [-0.39, 0.29) is 18.8 Å². The molecule has 9 heteroatoms. The number of alkyl halides is 2. The lowest BCUT2D eigenvalue weighted by Gasteiger charge is -2.15. The number of anilines is 1. The van der Waals surface area contributed by atoms with Gasteiger partial charge in [0.2, 0.25) is 0 Å². The lowest BCUT2D eigenvalue weighted by molar-refractivity contribution is -0.132. The van der Waals surface area contributed by atoms with Crippen molar-refractivity contribution in [3.05, 3.63) is 53.8 Å². The minimum absolute atomic E-state index is 0.000488. The number of halogens is 3. The molecule has 2 aromatic rings. The second-order valence-corrected chi connectivity index (χ2v) is 6.83. The second-order valence-electron chi connectivity index (χ2n) is 6.83. The highest BCUT2D eigenvalue weighted by Gasteiger charge is 2.33. The van der Waals surface area contributed by atoms with E-state index in [0.717, 1.165) is 5.56 Å². The first-order chi connectivity index (χ1) is 14.9. The molecule has 0 radical (unpaired) electrons. The Balaban J connectivity index is 1.66. The van der Waals surface area contributed by atoms with E-state index in [1.165, 1.54) is 11.0 Å². The highest BCUT2D eigenvalue weighted by Crippen LogP contribution is 2.29. The van der Waals surface area contributed by atoms with Crippen LogP contribution in [0.5, 0.6) is 0 Å². The molecule has 1 aliphatic heterocycles. The van der Waals surface area contributed by atoms with Gasteiger partial charge in [-0.15, -0.1) is 6.42 Å². The van der Waals surface area contributed by atoms with Crippen molar-refractivity contribution in [3.8, 4) is 23.5 Å². The zero-order valence-electron chi connectivity index (χ0n) is 16.4. The smallest absolute Gasteiger partial charge is 0.414 e. The van der Waals surface area contributed by atoms with Gasteiger partial charge in [-0.2, -0.15) is 8.78 Å². The summed E-state index contributed by atoms with van der Waals surface area (Å²) in [5.74, 6) is 0.515. The molecular weight excluding hydrogens is 411 g/mol. The molecule has 3 rings (SSSR count). The topological polar surface area (TPSA) is 70.7 Å². The molecule has 6 nitrogen and oxygen atoms in total. The Morgan fingerprint density at radius 3 is 2.65 bits per heavy atom. The fraction of sp³-hybridized carbons (Fsp3) is 0.273. The number of hydrogen-bond donors (Lipinski definition) is 2. The summed E-state index contributed by atoms with van der Waals surface area (Å²) in [4.78, 5) is 24.2. The van der Waals surface area contributed by atoms with Crippen molar-refractivity contribution in [1.82, 2.24) is 10.6 Å². The molecule has 0 aromatic heterocycles. The van der Waals surface area contributed by atoms with E-state index in [9.17, 15) is 22.8 Å². The van der Waals surface area contributed by atoms with Gasteiger partial charge < -0.3 is 15.4 Å². The van der Waals surface area contributed by atoms with E-state index in [2.05, 4.69) is 11.2 Å². The molecule has 31 heavy (non-hydrogen) atoms. The van der Waals surface area contributed by atoms with Crippen LogP contribution >= 0.6 is 0 Å². The summed E-state index contributed by atoms with van der Waals surface area (Å²) in [5.41, 5.74) is 2.30. The monoisotopic (exact) mass is 431 g/mol. The molecule has 2 aromatic carbocycles. The van der Waals surface area contributed by atoms with Gasteiger partial charge in [-0.1, -0.05) is 30.2 Å². The molecule has 0 bridgehead atoms. The normalized spacial score (nSPS) is 15.6. The third-order valence-corrected chi connectivity index (χ3v) is 4.66. The predicted molar refractivity (Wildman–Crippen MR) is 109 cm³/mol. The fourth-order valence-corrected chi connectivity index (χ4v) is 3.12. The summed E-state index contributed by atoms with van der Waals surface area (Å²) in [6, 6.07) is 11.6. The lowest BCUT2D eigenvalue weighted by Crippen LogP contribution is -2.37. The van der Waals surface area contributed by atoms with Crippen LogP contribution in [0.2, 0.25) is 0 Å². The molecule has 0 saturated carbocycles. The molecule has 1 heterocycles. The number of terminal acetylenes is 1. The van der Waals surface area contributed by atoms with Crippen molar-refractivity contribution in [2.45, 2.75) is 19.1 Å². The van der Waals surface area contributed by atoms with E-state index < -0.39 is 30.3 Å². The van der Waals surface area contributed by atoms with Crippen LogP contribution in [0.15, 0.2) is 42.5 Å². The summed E-state index contributed by atoms with van der Waals surface area (Å²) in [6.07, 6.45) is 0.486. The Morgan fingerprint density at radius 2 is 2.00 bits per heavy atom. The summed E-state index contributed by atoms with van der Waals surface area (Å²) in [6.45, 7) is 0.799. The zero-order valence-corrected chi connectivity index (χ0v) is 16.4. The Hall–Kier alpha value is -3.51. The maximum absolute atomic E-state index is 14.8. The predicted octanol–water partition coefficient (Wildman–Crippen LogP) is 2.92. The van der Waals surface area contributed by atoms with Crippen LogP contribution in [0, 0.1) is 18.2 Å². The van der Waals surface area contributed by atoms with Crippen molar-refractivity contribution < 1.29 is 27.5 Å². The number of benzene rings is 2. The Morgan fingerprint density at radius 1 is 1.26 bits per heavy atom. The van der Waals surface area contributed by atoms with Gasteiger partial charge in [0, 0.05) is 12.1 Å². The molecular formula is C22H20F3N3O3. The maximum atomic E-state index is 14.8. The van der Waals surface area contributed by atoms with E-state index in [0.29, 0.717) is 24.2 Å². The van der Waals surface area contributed by atoms with Gasteiger partial charge in [0.05, 0.1) is 25.3 Å². The van der Waals surface area contributed by atoms with Crippen LogP contribution in [0.4, 0.5) is 23.7 Å². The zero-order chi connectivity index (χ0) is 22.4. The van der Waals surface area contributed by atoms with Gasteiger partial charge in [-0.25, -0.2) is 9.18 Å². The first kappa shape index (κ1) is 22.2. The molecule has 1 unspecified atom stereocenters. The van der Waals surface area contributed by atoms with Gasteiger partial charge in [-0.3, -0.25) is 9.69 Å². The van der Waals surface area contributed by atoms with Gasteiger partial charge >= 0.3 is 12.5 Å². The van der Waals surface area contributed by atoms with E-state index in [4.69, 9.17) is 11.2 Å². The van der Waals surface area contributed by atoms with Crippen LogP contribution < -0.4 is 15.5 Å². The second kappa shape index (κ2) is 10.00. The number of ether oxygens (including phenoxy) is 1. The fourth-order valence-electron chi connectivity index (χ4n) is 3.12. The average Bonchev–Trinajstić information content (AvgIpc) is 3.13. The summed E-state index contributed by atoms with van der Waals surface area (Å²) in [5, 5.41) is 5.07. The highest BCUT2D eigenvalue weighted by atomic mass is 19.3. The summed E-state index contributed by atoms with van der Waals surface area (Å²) in [7, 11) is 0. The third-order valence-electron chi connectivity index (χ3n) is 4.66. The Kier molecular flexibility index (Phi) is 7.15. The molecule has 1 saturated heterocycles. The van der Waals surface area contributed by atoms with E-state index >= 15 is 0 Å². The summed E-state index contributed by atoms with van der Waals surface area (Å²) >= 11 is 0. The van der Waals surface area contributed by atoms with Gasteiger partial charge in [0.15, 0.2) is 0 Å². The Bertz CT molecular complexity index is 990. The first-order valence-electron chi connectivity index (χ1n) is 9.46. The molecule has 2 N–H and O–H groups in total. The molecule has 0 spiro atoms. The number of carbonyl (C=O) groups excluding carboxylic acids is 2. The van der Waals surface area contributed by atoms with Gasteiger partial charge in [0.25, 0.3) is 5.91 Å². The first-order valence-corrected chi connectivity index (χ1v) is 9.46. The minimum atomic E-state index is -3.15. The lowest BCUT2D eigenvalue weighted by atomic mass is 10.0. The molecule has 0 aliphatic carbocycles. The van der Waals surface area contributed by atoms with Gasteiger partial charge in [-0.05, 0) is 29.3 Å². The number of cyclic esters (lactones) is 1. The number of nitrogens with one attached hydrogen (secondary N) is 2. The number of nitrogens with zero attached hydrogens (tertiary/aromatic N) is 1. The summed E-state index contributed by atoms with van der Waals surface area (Å²) < 4.78 is 44.3. The van der Waals surface area contributed by atoms with Crippen molar-refractivity contribution in [2.24, 2.45) is 0 Å². The van der Waals surface area contributed by atoms with Crippen molar-refractivity contribution >= 4 is 17.7 Å². The van der Waals surface area contributed by atoms with Crippen molar-refractivity contribution in [3.63, 3.8) is 0 Å². The van der Waals surface area contributed by atoms with Crippen LogP contribution in [0.3, 0.4) is 0 Å². The van der Waals surface area contributed by atoms with Crippen LogP contribution in [0.1, 0.15) is 5.56 Å². The highest BCUT2D eigenvalue weighted by molar-refractivity contribution is 5.90. The Labute approximate surface area is 177 Å². The molecule has 1 fully saturated rings. The average molecular weight is 431 g/mol. The van der Waals surface area contributed by atoms with Crippen LogP contribution in [-0.2, 0) is 16.1 Å². The van der Waals surface area contributed by atoms with Crippen molar-refractivity contribution in [1.29, 1.82) is 0 Å². The molecule has 2 amide bonds. The molecule has 1 atom stereocenters. The number of amides is 2. The minimum Gasteiger partial charge on any atom is -0.442 e. The largest absolute Gasteiger partial charge is 0.442 e. The number of rotatable bonds is 8. The molecule has 1 aliphatic rings.